The van der Waals surface area contributed by atoms with Crippen molar-refractivity contribution >= 4 is 17.8 Å². The third kappa shape index (κ3) is 3.49. The van der Waals surface area contributed by atoms with Gasteiger partial charge in [0.15, 0.2) is 5.65 Å². The van der Waals surface area contributed by atoms with E-state index in [2.05, 4.69) is 4.98 Å². The number of hydrogen-bond donors (Lipinski definition) is 1. The molecule has 0 unspecified atom stereocenters. The van der Waals surface area contributed by atoms with Crippen molar-refractivity contribution in [2.24, 2.45) is 0 Å². The van der Waals surface area contributed by atoms with Crippen LogP contribution in [0.5, 0.6) is 5.88 Å². The zero-order chi connectivity index (χ0) is 20.3. The fraction of sp³-hybridized carbons (Fsp3) is 0.0400. The largest absolute Gasteiger partial charge is 0.493 e. The van der Waals surface area contributed by atoms with Gasteiger partial charge >= 0.3 is 0 Å². The van der Waals surface area contributed by atoms with Crippen LogP contribution in [0.15, 0.2) is 89.7 Å². The molecule has 5 heteroatoms. The highest BCUT2D eigenvalue weighted by Gasteiger charge is 2.17. The van der Waals surface area contributed by atoms with Crippen LogP contribution in [0.1, 0.15) is 22.7 Å². The molecule has 30 heavy (non-hydrogen) atoms. The molecule has 0 bridgehead atoms. The van der Waals surface area contributed by atoms with Crippen molar-refractivity contribution in [1.82, 2.24) is 14.4 Å². The van der Waals surface area contributed by atoms with E-state index in [9.17, 15) is 5.11 Å². The van der Waals surface area contributed by atoms with Crippen LogP contribution in [-0.4, -0.2) is 19.5 Å². The van der Waals surface area contributed by atoms with E-state index in [1.54, 1.807) is 10.7 Å². The SMILES string of the molecule is Oc1c(Cc2ccco2)nc2c(/C=C/c3ccccc3)nc(-c3ccccc3)cn12. The third-order valence-corrected chi connectivity index (χ3v) is 4.90. The zero-order valence-electron chi connectivity index (χ0n) is 16.1. The molecule has 3 heterocycles. The summed E-state index contributed by atoms with van der Waals surface area (Å²) in [4.78, 5) is 9.51. The highest BCUT2D eigenvalue weighted by molar-refractivity contribution is 5.76. The molecule has 5 aromatic rings. The molecule has 3 aromatic heterocycles. The van der Waals surface area contributed by atoms with Gasteiger partial charge in [-0.15, -0.1) is 0 Å². The van der Waals surface area contributed by atoms with Crippen LogP contribution >= 0.6 is 0 Å². The molecule has 0 radical (unpaired) electrons. The molecule has 0 aliphatic carbocycles. The Labute approximate surface area is 173 Å². The predicted molar refractivity (Wildman–Crippen MR) is 117 cm³/mol. The van der Waals surface area contributed by atoms with Crippen LogP contribution in [0, 0.1) is 0 Å². The van der Waals surface area contributed by atoms with Gasteiger partial charge in [-0.2, -0.15) is 0 Å². The average molecular weight is 393 g/mol. The summed E-state index contributed by atoms with van der Waals surface area (Å²) in [6.45, 7) is 0. The molecule has 0 saturated carbocycles. The van der Waals surface area contributed by atoms with E-state index in [1.807, 2.05) is 91.1 Å². The van der Waals surface area contributed by atoms with Crippen molar-refractivity contribution in [3.8, 4) is 17.1 Å². The summed E-state index contributed by atoms with van der Waals surface area (Å²) in [6.07, 6.45) is 7.77. The normalized spacial score (nSPS) is 11.5. The van der Waals surface area contributed by atoms with Gasteiger partial charge in [0.05, 0.1) is 18.4 Å². The molecular formula is C25H19N3O2. The second kappa shape index (κ2) is 7.72. The van der Waals surface area contributed by atoms with E-state index in [0.29, 0.717) is 23.5 Å². The van der Waals surface area contributed by atoms with Crippen LogP contribution < -0.4 is 0 Å². The topological polar surface area (TPSA) is 63.6 Å². The van der Waals surface area contributed by atoms with E-state index in [4.69, 9.17) is 9.40 Å². The van der Waals surface area contributed by atoms with Gasteiger partial charge in [0, 0.05) is 11.8 Å². The molecule has 0 amide bonds. The second-order valence-electron chi connectivity index (χ2n) is 6.95. The van der Waals surface area contributed by atoms with E-state index in [0.717, 1.165) is 22.6 Å². The summed E-state index contributed by atoms with van der Waals surface area (Å²) in [6, 6.07) is 23.6. The smallest absolute Gasteiger partial charge is 0.219 e. The van der Waals surface area contributed by atoms with Crippen LogP contribution in [0.2, 0.25) is 0 Å². The predicted octanol–water partition coefficient (Wildman–Crippen LogP) is 5.46. The lowest BCUT2D eigenvalue weighted by Crippen LogP contribution is -1.95. The molecule has 0 spiro atoms. The summed E-state index contributed by atoms with van der Waals surface area (Å²) in [7, 11) is 0. The first-order valence-corrected chi connectivity index (χ1v) is 9.70. The maximum atomic E-state index is 10.9. The number of aromatic hydroxyl groups is 1. The lowest BCUT2D eigenvalue weighted by atomic mass is 10.1. The zero-order valence-corrected chi connectivity index (χ0v) is 16.1. The van der Waals surface area contributed by atoms with E-state index in [1.165, 1.54) is 0 Å². The molecule has 0 fully saturated rings. The Hall–Kier alpha value is -4.12. The van der Waals surface area contributed by atoms with Gasteiger partial charge in [-0.25, -0.2) is 9.97 Å². The molecule has 0 saturated heterocycles. The van der Waals surface area contributed by atoms with Crippen molar-refractivity contribution in [3.05, 3.63) is 108 Å². The quantitative estimate of drug-likeness (QED) is 0.431. The van der Waals surface area contributed by atoms with Crippen molar-refractivity contribution < 1.29 is 9.52 Å². The van der Waals surface area contributed by atoms with Gasteiger partial charge in [0.25, 0.3) is 0 Å². The van der Waals surface area contributed by atoms with Crippen molar-refractivity contribution in [3.63, 3.8) is 0 Å². The number of fused-ring (bicyclic) bond motifs is 1. The van der Waals surface area contributed by atoms with Gasteiger partial charge in [-0.05, 0) is 23.8 Å². The monoisotopic (exact) mass is 393 g/mol. The summed E-state index contributed by atoms with van der Waals surface area (Å²) < 4.78 is 7.12. The maximum absolute atomic E-state index is 10.9. The Morgan fingerprint density at radius 3 is 2.37 bits per heavy atom. The van der Waals surface area contributed by atoms with E-state index < -0.39 is 0 Å². The summed E-state index contributed by atoms with van der Waals surface area (Å²) in [5.41, 5.74) is 4.62. The Kier molecular flexibility index (Phi) is 4.62. The molecule has 0 aliphatic heterocycles. The highest BCUT2D eigenvalue weighted by atomic mass is 16.3. The highest BCUT2D eigenvalue weighted by Crippen LogP contribution is 2.28. The van der Waals surface area contributed by atoms with Crippen LogP contribution in [-0.2, 0) is 6.42 Å². The number of nitrogens with zero attached hydrogens (tertiary/aromatic N) is 3. The summed E-state index contributed by atoms with van der Waals surface area (Å²) in [5, 5.41) is 10.9. The Morgan fingerprint density at radius 1 is 0.867 bits per heavy atom. The van der Waals surface area contributed by atoms with Crippen molar-refractivity contribution in [2.75, 3.05) is 0 Å². The van der Waals surface area contributed by atoms with Crippen LogP contribution in [0.4, 0.5) is 0 Å². The number of furan rings is 1. The molecule has 146 valence electrons. The minimum atomic E-state index is 0.0929. The number of benzene rings is 2. The third-order valence-electron chi connectivity index (χ3n) is 4.90. The first kappa shape index (κ1) is 17.9. The number of imidazole rings is 1. The van der Waals surface area contributed by atoms with Gasteiger partial charge in [0.2, 0.25) is 5.88 Å². The Morgan fingerprint density at radius 2 is 1.63 bits per heavy atom. The van der Waals surface area contributed by atoms with Gasteiger partial charge in [0.1, 0.15) is 17.1 Å². The van der Waals surface area contributed by atoms with Crippen molar-refractivity contribution in [2.45, 2.75) is 6.42 Å². The fourth-order valence-electron chi connectivity index (χ4n) is 3.40. The number of hydrogen-bond acceptors (Lipinski definition) is 4. The first-order chi connectivity index (χ1) is 14.8. The fourth-order valence-corrected chi connectivity index (χ4v) is 3.40. The maximum Gasteiger partial charge on any atom is 0.219 e. The molecule has 0 aliphatic rings. The lowest BCUT2D eigenvalue weighted by Gasteiger charge is -2.06. The Bertz CT molecular complexity index is 1310. The average Bonchev–Trinajstić information content (AvgIpc) is 3.42. The van der Waals surface area contributed by atoms with Crippen LogP contribution in [0.3, 0.4) is 0 Å². The molecular weight excluding hydrogens is 374 g/mol. The summed E-state index contributed by atoms with van der Waals surface area (Å²) >= 11 is 0. The lowest BCUT2D eigenvalue weighted by molar-refractivity contribution is 0.438. The standard InChI is InChI=1S/C25H19N3O2/c29-25-22(16-20-12-7-15-30-20)27-24-21(14-13-18-8-3-1-4-9-18)26-23(17-28(24)25)19-10-5-2-6-11-19/h1-15,17,29H,16H2/b14-13+. The van der Waals surface area contributed by atoms with Crippen molar-refractivity contribution in [1.29, 1.82) is 0 Å². The van der Waals surface area contributed by atoms with E-state index in [-0.39, 0.29) is 5.88 Å². The van der Waals surface area contributed by atoms with Gasteiger partial charge in [-0.1, -0.05) is 66.7 Å². The molecule has 5 nitrogen and oxygen atoms in total. The van der Waals surface area contributed by atoms with E-state index >= 15 is 0 Å². The second-order valence-corrected chi connectivity index (χ2v) is 6.95. The summed E-state index contributed by atoms with van der Waals surface area (Å²) in [5.74, 6) is 0.835. The number of aromatic nitrogens is 3. The van der Waals surface area contributed by atoms with Gasteiger partial charge in [-0.3, -0.25) is 4.40 Å². The molecule has 0 atom stereocenters. The number of rotatable bonds is 5. The Balaban J connectivity index is 1.66. The van der Waals surface area contributed by atoms with Crippen LogP contribution in [0.25, 0.3) is 29.1 Å². The molecule has 2 aromatic carbocycles. The minimum Gasteiger partial charge on any atom is -0.493 e. The first-order valence-electron chi connectivity index (χ1n) is 9.70. The molecule has 5 rings (SSSR count). The molecule has 1 N–H and O–H groups in total. The van der Waals surface area contributed by atoms with Gasteiger partial charge < -0.3 is 9.52 Å². The minimum absolute atomic E-state index is 0.0929.